The molecule has 186 valence electrons. The fourth-order valence-electron chi connectivity index (χ4n) is 4.78. The van der Waals surface area contributed by atoms with E-state index in [2.05, 4.69) is 44.7 Å². The van der Waals surface area contributed by atoms with E-state index in [1.165, 1.54) is 5.56 Å². The maximum Gasteiger partial charge on any atom is 0.243 e. The topological polar surface area (TPSA) is 85.0 Å². The highest BCUT2D eigenvalue weighted by Gasteiger charge is 2.35. The van der Waals surface area contributed by atoms with E-state index in [4.69, 9.17) is 0 Å². The number of rotatable bonds is 7. The second-order valence-corrected chi connectivity index (χ2v) is 9.50. The van der Waals surface area contributed by atoms with Gasteiger partial charge in [0.25, 0.3) is 0 Å². The van der Waals surface area contributed by atoms with Gasteiger partial charge in [-0.2, -0.15) is 0 Å². The Balaban J connectivity index is 1.30. The number of aryl methyl sites for hydroxylation is 2. The minimum Gasteiger partial charge on any atom is -0.353 e. The Bertz CT molecular complexity index is 1050. The third-order valence-corrected chi connectivity index (χ3v) is 6.76. The SMILES string of the molecule is Cc1ccc(NC(=O)C[C@@H]2C(=O)NCCN2C(=O)CN2CCN(Cc3ccccc3)CC2)c(C)c1. The van der Waals surface area contributed by atoms with Crippen molar-refractivity contribution in [3.05, 3.63) is 65.2 Å². The van der Waals surface area contributed by atoms with Gasteiger partial charge in [-0.15, -0.1) is 0 Å². The molecule has 2 fully saturated rings. The maximum atomic E-state index is 13.2. The molecule has 3 amide bonds. The first-order valence-electron chi connectivity index (χ1n) is 12.3. The average Bonchev–Trinajstić information content (AvgIpc) is 2.84. The quantitative estimate of drug-likeness (QED) is 0.635. The van der Waals surface area contributed by atoms with Crippen molar-refractivity contribution < 1.29 is 14.4 Å². The molecule has 0 bridgehead atoms. The van der Waals surface area contributed by atoms with Crippen molar-refractivity contribution in [3.63, 3.8) is 0 Å². The van der Waals surface area contributed by atoms with Crippen molar-refractivity contribution in [2.24, 2.45) is 0 Å². The summed E-state index contributed by atoms with van der Waals surface area (Å²) in [6, 6.07) is 15.4. The van der Waals surface area contributed by atoms with Crippen LogP contribution in [0.3, 0.4) is 0 Å². The van der Waals surface area contributed by atoms with E-state index < -0.39 is 6.04 Å². The van der Waals surface area contributed by atoms with Crippen LogP contribution in [0, 0.1) is 13.8 Å². The van der Waals surface area contributed by atoms with Gasteiger partial charge in [0.1, 0.15) is 6.04 Å². The molecule has 8 nitrogen and oxygen atoms in total. The molecule has 8 heteroatoms. The van der Waals surface area contributed by atoms with E-state index in [-0.39, 0.29) is 30.7 Å². The highest BCUT2D eigenvalue weighted by Crippen LogP contribution is 2.18. The second-order valence-electron chi connectivity index (χ2n) is 9.50. The minimum absolute atomic E-state index is 0.0598. The van der Waals surface area contributed by atoms with Crippen LogP contribution in [0.1, 0.15) is 23.1 Å². The first kappa shape index (κ1) is 24.9. The number of amides is 3. The number of hydrogen-bond donors (Lipinski definition) is 2. The van der Waals surface area contributed by atoms with E-state index in [9.17, 15) is 14.4 Å². The zero-order valence-electron chi connectivity index (χ0n) is 20.6. The predicted molar refractivity (Wildman–Crippen MR) is 136 cm³/mol. The lowest BCUT2D eigenvalue weighted by Crippen LogP contribution is -2.60. The largest absolute Gasteiger partial charge is 0.353 e. The number of anilines is 1. The number of carbonyl (C=O) groups excluding carboxylic acids is 3. The molecule has 2 saturated heterocycles. The van der Waals surface area contributed by atoms with Gasteiger partial charge in [0.15, 0.2) is 0 Å². The zero-order chi connectivity index (χ0) is 24.8. The molecule has 0 aliphatic carbocycles. The molecule has 0 unspecified atom stereocenters. The van der Waals surface area contributed by atoms with E-state index in [1.807, 2.05) is 38.1 Å². The summed E-state index contributed by atoms with van der Waals surface area (Å²) in [5.41, 5.74) is 4.09. The smallest absolute Gasteiger partial charge is 0.243 e. The van der Waals surface area contributed by atoms with Crippen LogP contribution in [0.5, 0.6) is 0 Å². The van der Waals surface area contributed by atoms with Crippen molar-refractivity contribution in [2.75, 3.05) is 51.1 Å². The third-order valence-electron chi connectivity index (χ3n) is 6.76. The van der Waals surface area contributed by atoms with Gasteiger partial charge in [0.2, 0.25) is 17.7 Å². The standard InChI is InChI=1S/C27H35N5O3/c1-20-8-9-23(21(2)16-20)29-25(33)17-24-27(35)28-10-11-32(24)26(34)19-31-14-12-30(13-15-31)18-22-6-4-3-5-7-22/h3-9,16,24H,10-15,17-19H2,1-2H3,(H,28,35)(H,29,33)/t24-/m1/s1. The first-order valence-corrected chi connectivity index (χ1v) is 12.3. The van der Waals surface area contributed by atoms with E-state index in [1.54, 1.807) is 4.90 Å². The van der Waals surface area contributed by atoms with Crippen LogP contribution >= 0.6 is 0 Å². The number of piperazine rings is 2. The summed E-state index contributed by atoms with van der Waals surface area (Å²) < 4.78 is 0. The molecule has 2 aromatic rings. The Kier molecular flexibility index (Phi) is 8.15. The summed E-state index contributed by atoms with van der Waals surface area (Å²) in [4.78, 5) is 44.7. The van der Waals surface area contributed by atoms with Crippen LogP contribution in [0.25, 0.3) is 0 Å². The van der Waals surface area contributed by atoms with Crippen LogP contribution in [0.2, 0.25) is 0 Å². The van der Waals surface area contributed by atoms with E-state index >= 15 is 0 Å². The monoisotopic (exact) mass is 477 g/mol. The molecule has 2 aromatic carbocycles. The van der Waals surface area contributed by atoms with Gasteiger partial charge in [-0.05, 0) is 31.0 Å². The molecule has 2 N–H and O–H groups in total. The van der Waals surface area contributed by atoms with Gasteiger partial charge in [-0.3, -0.25) is 24.2 Å². The van der Waals surface area contributed by atoms with Crippen LogP contribution in [0.4, 0.5) is 5.69 Å². The first-order chi connectivity index (χ1) is 16.9. The van der Waals surface area contributed by atoms with Gasteiger partial charge in [-0.25, -0.2) is 0 Å². The summed E-state index contributed by atoms with van der Waals surface area (Å²) in [6.45, 7) is 9.32. The predicted octanol–water partition coefficient (Wildman–Crippen LogP) is 1.78. The van der Waals surface area contributed by atoms with Gasteiger partial charge in [0, 0.05) is 51.5 Å². The number of hydrogen-bond acceptors (Lipinski definition) is 5. The summed E-state index contributed by atoms with van der Waals surface area (Å²) in [7, 11) is 0. The molecule has 0 aromatic heterocycles. The molecular formula is C27H35N5O3. The summed E-state index contributed by atoms with van der Waals surface area (Å²) >= 11 is 0. The van der Waals surface area contributed by atoms with E-state index in [0.29, 0.717) is 13.1 Å². The Morgan fingerprint density at radius 1 is 0.971 bits per heavy atom. The Morgan fingerprint density at radius 3 is 2.40 bits per heavy atom. The highest BCUT2D eigenvalue weighted by atomic mass is 16.2. The zero-order valence-corrected chi connectivity index (χ0v) is 20.6. The molecule has 2 heterocycles. The number of nitrogens with zero attached hydrogens (tertiary/aromatic N) is 3. The van der Waals surface area contributed by atoms with Crippen molar-refractivity contribution >= 4 is 23.4 Å². The van der Waals surface area contributed by atoms with Gasteiger partial charge in [-0.1, -0.05) is 48.0 Å². The van der Waals surface area contributed by atoms with E-state index in [0.717, 1.165) is 49.5 Å². The van der Waals surface area contributed by atoms with Crippen LogP contribution < -0.4 is 10.6 Å². The van der Waals surface area contributed by atoms with Crippen molar-refractivity contribution in [3.8, 4) is 0 Å². The molecule has 1 atom stereocenters. The summed E-state index contributed by atoms with van der Waals surface area (Å²) in [6.07, 6.45) is -0.0598. The lowest BCUT2D eigenvalue weighted by molar-refractivity contribution is -0.145. The van der Waals surface area contributed by atoms with Crippen molar-refractivity contribution in [1.82, 2.24) is 20.0 Å². The van der Waals surface area contributed by atoms with Gasteiger partial charge in [0.05, 0.1) is 13.0 Å². The Hall–Kier alpha value is -3.23. The molecule has 0 radical (unpaired) electrons. The highest BCUT2D eigenvalue weighted by molar-refractivity contribution is 5.98. The van der Waals surface area contributed by atoms with Crippen molar-refractivity contribution in [1.29, 1.82) is 0 Å². The summed E-state index contributed by atoms with van der Waals surface area (Å²) in [5.74, 6) is -0.639. The van der Waals surface area contributed by atoms with Crippen molar-refractivity contribution in [2.45, 2.75) is 32.9 Å². The maximum absolute atomic E-state index is 13.2. The third kappa shape index (κ3) is 6.68. The molecule has 0 saturated carbocycles. The number of nitrogens with one attached hydrogen (secondary N) is 2. The number of carbonyl (C=O) groups is 3. The fourth-order valence-corrected chi connectivity index (χ4v) is 4.78. The van der Waals surface area contributed by atoms with Gasteiger partial charge < -0.3 is 15.5 Å². The normalized spacial score (nSPS) is 19.3. The molecule has 35 heavy (non-hydrogen) atoms. The lowest BCUT2D eigenvalue weighted by Gasteiger charge is -2.38. The molecular weight excluding hydrogens is 442 g/mol. The second kappa shape index (κ2) is 11.5. The molecule has 0 spiro atoms. The molecule has 4 rings (SSSR count). The Labute approximate surface area is 207 Å². The lowest BCUT2D eigenvalue weighted by atomic mass is 10.1. The minimum atomic E-state index is -0.790. The van der Waals surface area contributed by atoms with Crippen LogP contribution in [-0.2, 0) is 20.9 Å². The summed E-state index contributed by atoms with van der Waals surface area (Å²) in [5, 5.41) is 5.70. The number of benzene rings is 2. The molecule has 2 aliphatic heterocycles. The fraction of sp³-hybridized carbons (Fsp3) is 0.444. The average molecular weight is 478 g/mol. The molecule has 2 aliphatic rings. The van der Waals surface area contributed by atoms with Gasteiger partial charge >= 0.3 is 0 Å². The van der Waals surface area contributed by atoms with Crippen LogP contribution in [0.15, 0.2) is 48.5 Å². The van der Waals surface area contributed by atoms with Crippen LogP contribution in [-0.4, -0.2) is 84.3 Å². The Morgan fingerprint density at radius 2 is 1.69 bits per heavy atom.